The fourth-order valence-corrected chi connectivity index (χ4v) is 3.06. The van der Waals surface area contributed by atoms with Gasteiger partial charge in [0, 0.05) is 10.5 Å². The maximum Gasteiger partial charge on any atom is 0.147 e. The van der Waals surface area contributed by atoms with Crippen LogP contribution in [0.25, 0.3) is 0 Å². The number of halogens is 3. The standard InChI is InChI=1S/C16H16BrCl2NO/c1-3-20-10(2)12-8-7-11(9-13(12)17)21-15-6-4-5-14(18)16(15)19/h4-10,20H,3H2,1-2H3. The van der Waals surface area contributed by atoms with E-state index in [4.69, 9.17) is 27.9 Å². The van der Waals surface area contributed by atoms with E-state index in [1.165, 1.54) is 5.56 Å². The lowest BCUT2D eigenvalue weighted by atomic mass is 10.1. The van der Waals surface area contributed by atoms with Crippen molar-refractivity contribution < 1.29 is 4.74 Å². The van der Waals surface area contributed by atoms with E-state index in [0.29, 0.717) is 21.5 Å². The molecular weight excluding hydrogens is 373 g/mol. The molecule has 2 aromatic carbocycles. The van der Waals surface area contributed by atoms with Crippen molar-refractivity contribution in [3.05, 3.63) is 56.5 Å². The lowest BCUT2D eigenvalue weighted by molar-refractivity contribution is 0.481. The van der Waals surface area contributed by atoms with Crippen LogP contribution in [-0.2, 0) is 0 Å². The van der Waals surface area contributed by atoms with Crippen LogP contribution in [0.1, 0.15) is 25.5 Å². The number of nitrogens with one attached hydrogen (secondary N) is 1. The molecule has 1 unspecified atom stereocenters. The third kappa shape index (κ3) is 4.13. The molecule has 0 aliphatic heterocycles. The molecule has 1 atom stereocenters. The normalized spacial score (nSPS) is 12.2. The van der Waals surface area contributed by atoms with E-state index in [-0.39, 0.29) is 6.04 Å². The fourth-order valence-electron chi connectivity index (χ4n) is 2.03. The van der Waals surface area contributed by atoms with Gasteiger partial charge in [0.15, 0.2) is 0 Å². The average Bonchev–Trinajstić information content (AvgIpc) is 2.44. The Kier molecular flexibility index (Phi) is 5.94. The topological polar surface area (TPSA) is 21.3 Å². The van der Waals surface area contributed by atoms with Crippen molar-refractivity contribution in [2.45, 2.75) is 19.9 Å². The lowest BCUT2D eigenvalue weighted by Crippen LogP contribution is -2.17. The summed E-state index contributed by atoms with van der Waals surface area (Å²) in [6, 6.07) is 11.5. The molecule has 0 amide bonds. The van der Waals surface area contributed by atoms with Crippen LogP contribution in [0.3, 0.4) is 0 Å². The molecular formula is C16H16BrCl2NO. The Morgan fingerprint density at radius 3 is 2.67 bits per heavy atom. The number of rotatable bonds is 5. The Balaban J connectivity index is 2.22. The Labute approximate surface area is 143 Å². The third-order valence-electron chi connectivity index (χ3n) is 3.09. The fraction of sp³-hybridized carbons (Fsp3) is 0.250. The maximum absolute atomic E-state index is 6.13. The van der Waals surface area contributed by atoms with Gasteiger partial charge in [-0.3, -0.25) is 0 Å². The highest BCUT2D eigenvalue weighted by Crippen LogP contribution is 2.36. The first-order chi connectivity index (χ1) is 10.0. The third-order valence-corrected chi connectivity index (χ3v) is 4.58. The summed E-state index contributed by atoms with van der Waals surface area (Å²) in [6.07, 6.45) is 0. The predicted molar refractivity (Wildman–Crippen MR) is 92.8 cm³/mol. The van der Waals surface area contributed by atoms with Crippen LogP contribution < -0.4 is 10.1 Å². The first kappa shape index (κ1) is 16.6. The number of hydrogen-bond donors (Lipinski definition) is 1. The Hall–Kier alpha value is -0.740. The molecule has 0 saturated heterocycles. The molecule has 1 N–H and O–H groups in total. The molecule has 2 nitrogen and oxygen atoms in total. The van der Waals surface area contributed by atoms with E-state index < -0.39 is 0 Å². The smallest absolute Gasteiger partial charge is 0.147 e. The van der Waals surface area contributed by atoms with Crippen molar-refractivity contribution in [1.82, 2.24) is 5.32 Å². The Bertz CT molecular complexity index is 634. The molecule has 2 aromatic rings. The minimum atomic E-state index is 0.271. The summed E-state index contributed by atoms with van der Waals surface area (Å²) < 4.78 is 6.79. The summed E-state index contributed by atoms with van der Waals surface area (Å²) in [5.41, 5.74) is 1.18. The Morgan fingerprint density at radius 2 is 2.00 bits per heavy atom. The van der Waals surface area contributed by atoms with Gasteiger partial charge < -0.3 is 10.1 Å². The summed E-state index contributed by atoms with van der Waals surface area (Å²) in [4.78, 5) is 0. The summed E-state index contributed by atoms with van der Waals surface area (Å²) in [7, 11) is 0. The quantitative estimate of drug-likeness (QED) is 0.656. The zero-order valence-corrected chi connectivity index (χ0v) is 14.9. The van der Waals surface area contributed by atoms with Crippen molar-refractivity contribution in [3.8, 4) is 11.5 Å². The molecule has 0 radical (unpaired) electrons. The highest BCUT2D eigenvalue weighted by atomic mass is 79.9. The molecule has 0 aliphatic carbocycles. The maximum atomic E-state index is 6.13. The van der Waals surface area contributed by atoms with Crippen molar-refractivity contribution in [3.63, 3.8) is 0 Å². The first-order valence-electron chi connectivity index (χ1n) is 6.67. The summed E-state index contributed by atoms with van der Waals surface area (Å²) >= 11 is 15.7. The van der Waals surface area contributed by atoms with Gasteiger partial charge in [0.1, 0.15) is 16.5 Å². The van der Waals surface area contributed by atoms with Gasteiger partial charge in [-0.15, -0.1) is 0 Å². The highest BCUT2D eigenvalue weighted by Gasteiger charge is 2.11. The summed E-state index contributed by atoms with van der Waals surface area (Å²) in [5, 5.41) is 4.27. The summed E-state index contributed by atoms with van der Waals surface area (Å²) in [6.45, 7) is 5.13. The Morgan fingerprint density at radius 1 is 1.24 bits per heavy atom. The SMILES string of the molecule is CCNC(C)c1ccc(Oc2cccc(Cl)c2Cl)cc1Br. The van der Waals surface area contributed by atoms with Crippen LogP contribution in [0.4, 0.5) is 0 Å². The van der Waals surface area contributed by atoms with Gasteiger partial charge in [-0.25, -0.2) is 0 Å². The van der Waals surface area contributed by atoms with Gasteiger partial charge in [0.25, 0.3) is 0 Å². The molecule has 0 spiro atoms. The van der Waals surface area contributed by atoms with Gasteiger partial charge in [-0.2, -0.15) is 0 Å². The number of hydrogen-bond acceptors (Lipinski definition) is 2. The van der Waals surface area contributed by atoms with Crippen LogP contribution in [0.15, 0.2) is 40.9 Å². The zero-order chi connectivity index (χ0) is 15.4. The number of benzene rings is 2. The average molecular weight is 389 g/mol. The molecule has 21 heavy (non-hydrogen) atoms. The van der Waals surface area contributed by atoms with E-state index in [2.05, 4.69) is 35.1 Å². The second-order valence-electron chi connectivity index (χ2n) is 4.62. The number of ether oxygens (including phenoxy) is 1. The molecule has 0 saturated carbocycles. The van der Waals surface area contributed by atoms with Crippen molar-refractivity contribution >= 4 is 39.1 Å². The highest BCUT2D eigenvalue weighted by molar-refractivity contribution is 9.10. The van der Waals surface area contributed by atoms with Crippen LogP contribution >= 0.6 is 39.1 Å². The summed E-state index contributed by atoms with van der Waals surface area (Å²) in [5.74, 6) is 1.25. The minimum absolute atomic E-state index is 0.271. The molecule has 112 valence electrons. The monoisotopic (exact) mass is 387 g/mol. The van der Waals surface area contributed by atoms with Gasteiger partial charge >= 0.3 is 0 Å². The van der Waals surface area contributed by atoms with Gasteiger partial charge in [0.2, 0.25) is 0 Å². The van der Waals surface area contributed by atoms with Crippen LogP contribution in [0.2, 0.25) is 10.0 Å². The van der Waals surface area contributed by atoms with E-state index in [1.54, 1.807) is 18.2 Å². The first-order valence-corrected chi connectivity index (χ1v) is 8.22. The van der Waals surface area contributed by atoms with E-state index in [0.717, 1.165) is 11.0 Å². The van der Waals surface area contributed by atoms with Crippen molar-refractivity contribution in [2.75, 3.05) is 6.54 Å². The lowest BCUT2D eigenvalue weighted by Gasteiger charge is -2.16. The molecule has 0 fully saturated rings. The molecule has 0 aromatic heterocycles. The minimum Gasteiger partial charge on any atom is -0.456 e. The molecule has 2 rings (SSSR count). The zero-order valence-electron chi connectivity index (χ0n) is 11.8. The van der Waals surface area contributed by atoms with Crippen LogP contribution in [0, 0.1) is 0 Å². The predicted octanol–water partition coefficient (Wildman–Crippen LogP) is 6.22. The van der Waals surface area contributed by atoms with Gasteiger partial charge in [-0.05, 0) is 43.3 Å². The van der Waals surface area contributed by atoms with E-state index in [9.17, 15) is 0 Å². The largest absolute Gasteiger partial charge is 0.456 e. The van der Waals surface area contributed by atoms with Gasteiger partial charge in [0.05, 0.1) is 5.02 Å². The molecule has 0 bridgehead atoms. The van der Waals surface area contributed by atoms with Crippen molar-refractivity contribution in [2.24, 2.45) is 0 Å². The van der Waals surface area contributed by atoms with E-state index >= 15 is 0 Å². The van der Waals surface area contributed by atoms with Gasteiger partial charge in [-0.1, -0.05) is 58.2 Å². The second-order valence-corrected chi connectivity index (χ2v) is 6.26. The van der Waals surface area contributed by atoms with Crippen LogP contribution in [-0.4, -0.2) is 6.54 Å². The van der Waals surface area contributed by atoms with Crippen LogP contribution in [0.5, 0.6) is 11.5 Å². The van der Waals surface area contributed by atoms with Crippen molar-refractivity contribution in [1.29, 1.82) is 0 Å². The molecule has 5 heteroatoms. The second kappa shape index (κ2) is 7.50. The molecule has 0 aliphatic rings. The molecule has 0 heterocycles. The van der Waals surface area contributed by atoms with E-state index in [1.807, 2.05) is 18.2 Å².